The summed E-state index contributed by atoms with van der Waals surface area (Å²) in [5, 5.41) is 0. The molecule has 1 aromatic heterocycles. The second-order valence-electron chi connectivity index (χ2n) is 8.96. The molecule has 1 aliphatic heterocycles. The lowest BCUT2D eigenvalue weighted by atomic mass is 9.86. The molecule has 0 aromatic carbocycles. The van der Waals surface area contributed by atoms with Gasteiger partial charge in [0.25, 0.3) is 5.91 Å². The van der Waals surface area contributed by atoms with Gasteiger partial charge in [0.2, 0.25) is 5.91 Å². The fourth-order valence-electron chi connectivity index (χ4n) is 4.83. The van der Waals surface area contributed by atoms with E-state index in [0.717, 1.165) is 64.1 Å². The maximum absolute atomic E-state index is 12.6. The van der Waals surface area contributed by atoms with E-state index in [0.29, 0.717) is 17.4 Å². The van der Waals surface area contributed by atoms with E-state index < -0.39 is 5.91 Å². The van der Waals surface area contributed by atoms with Crippen molar-refractivity contribution in [2.45, 2.75) is 70.6 Å². The zero-order valence-corrected chi connectivity index (χ0v) is 18.4. The largest absolute Gasteiger partial charge is 0.366 e. The van der Waals surface area contributed by atoms with Crippen LogP contribution in [0.25, 0.3) is 0 Å². The van der Waals surface area contributed by atoms with Crippen molar-refractivity contribution in [1.82, 2.24) is 14.8 Å². The van der Waals surface area contributed by atoms with Gasteiger partial charge in [0, 0.05) is 38.8 Å². The number of pyridine rings is 1. The van der Waals surface area contributed by atoms with E-state index in [4.69, 9.17) is 5.73 Å². The number of amides is 2. The van der Waals surface area contributed by atoms with E-state index in [-0.39, 0.29) is 0 Å². The second kappa shape index (κ2) is 12.0. The lowest BCUT2D eigenvalue weighted by molar-refractivity contribution is -0.134. The van der Waals surface area contributed by atoms with E-state index >= 15 is 0 Å². The summed E-state index contributed by atoms with van der Waals surface area (Å²) in [6.45, 7) is 4.90. The number of aryl methyl sites for hydroxylation is 1. The Balaban J connectivity index is 1.25. The molecule has 1 aromatic rings. The van der Waals surface area contributed by atoms with Crippen molar-refractivity contribution >= 4 is 11.8 Å². The Morgan fingerprint density at radius 2 is 1.73 bits per heavy atom. The molecule has 2 aliphatic rings. The summed E-state index contributed by atoms with van der Waals surface area (Å²) in [7, 11) is 0. The van der Waals surface area contributed by atoms with Crippen LogP contribution in [0, 0.1) is 5.92 Å². The zero-order valence-electron chi connectivity index (χ0n) is 18.4. The molecule has 0 spiro atoms. The Hall–Kier alpha value is -1.95. The summed E-state index contributed by atoms with van der Waals surface area (Å²) in [6, 6.07) is 3.51. The molecule has 1 saturated carbocycles. The minimum atomic E-state index is -0.394. The van der Waals surface area contributed by atoms with Gasteiger partial charge in [0.15, 0.2) is 0 Å². The van der Waals surface area contributed by atoms with Gasteiger partial charge in [-0.3, -0.25) is 19.5 Å². The summed E-state index contributed by atoms with van der Waals surface area (Å²) >= 11 is 0. The van der Waals surface area contributed by atoms with Crippen LogP contribution in [0.5, 0.6) is 0 Å². The molecule has 2 amide bonds. The summed E-state index contributed by atoms with van der Waals surface area (Å²) in [6.07, 6.45) is 14.3. The van der Waals surface area contributed by atoms with Crippen molar-refractivity contribution in [3.63, 3.8) is 0 Å². The summed E-state index contributed by atoms with van der Waals surface area (Å²) in [4.78, 5) is 32.9. The minimum absolute atomic E-state index is 0.381. The lowest BCUT2D eigenvalue weighted by Crippen LogP contribution is -2.49. The van der Waals surface area contributed by atoms with Crippen LogP contribution >= 0.6 is 0 Å². The van der Waals surface area contributed by atoms with Crippen LogP contribution in [0.1, 0.15) is 80.3 Å². The Kier molecular flexibility index (Phi) is 9.12. The predicted molar refractivity (Wildman–Crippen MR) is 119 cm³/mol. The fourth-order valence-corrected chi connectivity index (χ4v) is 4.83. The maximum atomic E-state index is 12.6. The molecule has 0 unspecified atom stereocenters. The highest BCUT2D eigenvalue weighted by molar-refractivity contribution is 5.93. The molecule has 2 N–H and O–H groups in total. The van der Waals surface area contributed by atoms with Gasteiger partial charge in [-0.25, -0.2) is 0 Å². The quantitative estimate of drug-likeness (QED) is 0.595. The van der Waals surface area contributed by atoms with Gasteiger partial charge < -0.3 is 10.6 Å². The van der Waals surface area contributed by atoms with Gasteiger partial charge in [0.05, 0.1) is 11.3 Å². The molecular formula is C24H38N4O2. The molecule has 6 nitrogen and oxygen atoms in total. The Morgan fingerprint density at radius 1 is 1.00 bits per heavy atom. The van der Waals surface area contributed by atoms with Gasteiger partial charge in [-0.15, -0.1) is 0 Å². The molecule has 0 bridgehead atoms. The molecule has 1 aliphatic carbocycles. The highest BCUT2D eigenvalue weighted by Gasteiger charge is 2.24. The zero-order chi connectivity index (χ0) is 21.2. The van der Waals surface area contributed by atoms with Crippen molar-refractivity contribution in [3.05, 3.63) is 29.6 Å². The first kappa shape index (κ1) is 22.7. The van der Waals surface area contributed by atoms with Gasteiger partial charge in [0.1, 0.15) is 0 Å². The first-order valence-electron chi connectivity index (χ1n) is 11.9. The number of nitrogens with two attached hydrogens (primary N) is 1. The lowest BCUT2D eigenvalue weighted by Gasteiger charge is -2.35. The van der Waals surface area contributed by atoms with Crippen LogP contribution in [0.2, 0.25) is 0 Å². The van der Waals surface area contributed by atoms with Crippen molar-refractivity contribution < 1.29 is 9.59 Å². The Bertz CT molecular complexity index is 680. The minimum Gasteiger partial charge on any atom is -0.366 e. The number of unbranched alkanes of at least 4 members (excludes halogenated alkanes) is 3. The molecule has 0 atom stereocenters. The van der Waals surface area contributed by atoms with E-state index in [2.05, 4.69) is 14.8 Å². The van der Waals surface area contributed by atoms with Crippen molar-refractivity contribution in [2.75, 3.05) is 32.7 Å². The molecule has 3 rings (SSSR count). The maximum Gasteiger partial charge on any atom is 0.250 e. The number of carbonyl (C=O) groups excluding carboxylic acids is 2. The average Bonchev–Trinajstić information content (AvgIpc) is 2.77. The molecule has 6 heteroatoms. The topological polar surface area (TPSA) is 79.5 Å². The molecule has 2 heterocycles. The number of primary amides is 1. The van der Waals surface area contributed by atoms with E-state index in [1.54, 1.807) is 18.3 Å². The molecule has 30 heavy (non-hydrogen) atoms. The highest BCUT2D eigenvalue weighted by atomic mass is 16.2. The third kappa shape index (κ3) is 7.08. The average molecular weight is 415 g/mol. The molecule has 2 fully saturated rings. The summed E-state index contributed by atoms with van der Waals surface area (Å²) in [5.41, 5.74) is 6.78. The third-order valence-electron chi connectivity index (χ3n) is 6.71. The highest BCUT2D eigenvalue weighted by Crippen LogP contribution is 2.27. The van der Waals surface area contributed by atoms with Crippen molar-refractivity contribution in [2.24, 2.45) is 11.7 Å². The number of carbonyl (C=O) groups is 2. The van der Waals surface area contributed by atoms with Gasteiger partial charge in [-0.05, 0) is 56.7 Å². The molecule has 166 valence electrons. The Labute approximate surface area is 181 Å². The predicted octanol–water partition coefficient (Wildman–Crippen LogP) is 3.40. The summed E-state index contributed by atoms with van der Waals surface area (Å²) < 4.78 is 0. The molecule has 1 saturated heterocycles. The number of nitrogens with zero attached hydrogens (tertiary/aromatic N) is 3. The monoisotopic (exact) mass is 414 g/mol. The Morgan fingerprint density at radius 3 is 2.47 bits per heavy atom. The molecule has 0 radical (unpaired) electrons. The van der Waals surface area contributed by atoms with Crippen molar-refractivity contribution in [1.29, 1.82) is 0 Å². The standard InChI is InChI=1S/C24H38N4O2/c25-24(30)21-11-8-13-26-22(21)12-6-1-2-7-14-27-15-17-28(18-16-27)23(29)19-20-9-4-3-5-10-20/h8,11,13,20H,1-7,9-10,12,14-19H2,(H2,25,30). The third-order valence-corrected chi connectivity index (χ3v) is 6.71. The van der Waals surface area contributed by atoms with E-state index in [1.165, 1.54) is 44.9 Å². The smallest absolute Gasteiger partial charge is 0.250 e. The normalized spacial score (nSPS) is 18.5. The SMILES string of the molecule is NC(=O)c1cccnc1CCCCCCN1CCN(C(=O)CC2CCCCC2)CC1. The van der Waals surface area contributed by atoms with Crippen LogP contribution in [0.3, 0.4) is 0 Å². The van der Waals surface area contributed by atoms with E-state index in [9.17, 15) is 9.59 Å². The number of hydrogen-bond acceptors (Lipinski definition) is 4. The van der Waals surface area contributed by atoms with Crippen LogP contribution in [0.15, 0.2) is 18.3 Å². The van der Waals surface area contributed by atoms with Crippen LogP contribution in [-0.4, -0.2) is 59.3 Å². The first-order valence-corrected chi connectivity index (χ1v) is 11.9. The number of rotatable bonds is 10. The van der Waals surface area contributed by atoms with Crippen LogP contribution in [-0.2, 0) is 11.2 Å². The number of piperazine rings is 1. The summed E-state index contributed by atoms with van der Waals surface area (Å²) in [5.74, 6) is 0.621. The second-order valence-corrected chi connectivity index (χ2v) is 8.96. The fraction of sp³-hybridized carbons (Fsp3) is 0.708. The van der Waals surface area contributed by atoms with Crippen LogP contribution in [0.4, 0.5) is 0 Å². The number of hydrogen-bond donors (Lipinski definition) is 1. The van der Waals surface area contributed by atoms with Gasteiger partial charge >= 0.3 is 0 Å². The van der Waals surface area contributed by atoms with Gasteiger partial charge in [-0.2, -0.15) is 0 Å². The van der Waals surface area contributed by atoms with Crippen molar-refractivity contribution in [3.8, 4) is 0 Å². The van der Waals surface area contributed by atoms with Gasteiger partial charge in [-0.1, -0.05) is 32.1 Å². The first-order chi connectivity index (χ1) is 14.6. The van der Waals surface area contributed by atoms with E-state index in [1.807, 2.05) is 0 Å². The number of aromatic nitrogens is 1. The molecular weight excluding hydrogens is 376 g/mol. The van der Waals surface area contributed by atoms with Crippen LogP contribution < -0.4 is 5.73 Å².